The molecule has 1 aromatic heterocycles. The average molecular weight is 301 g/mol. The van der Waals surface area contributed by atoms with Crippen LogP contribution < -0.4 is 5.32 Å². The van der Waals surface area contributed by atoms with Crippen LogP contribution >= 0.6 is 0 Å². The van der Waals surface area contributed by atoms with Gasteiger partial charge in [0.15, 0.2) is 0 Å². The highest BCUT2D eigenvalue weighted by molar-refractivity contribution is 5.91. The molecule has 7 heteroatoms. The van der Waals surface area contributed by atoms with Crippen molar-refractivity contribution in [1.29, 1.82) is 0 Å². The summed E-state index contributed by atoms with van der Waals surface area (Å²) in [5.74, 6) is -5.38. The average Bonchev–Trinajstić information content (AvgIpc) is 2.45. The van der Waals surface area contributed by atoms with E-state index in [9.17, 15) is 17.6 Å². The Morgan fingerprint density at radius 1 is 1.24 bits per heavy atom. The lowest BCUT2D eigenvalue weighted by Gasteiger charge is -2.17. The number of benzene rings is 1. The highest BCUT2D eigenvalue weighted by atomic mass is 19.3. The third-order valence-corrected chi connectivity index (χ3v) is 3.04. The minimum absolute atomic E-state index is 0.154. The molecule has 0 saturated heterocycles. The minimum Gasteiger partial charge on any atom is -0.369 e. The van der Waals surface area contributed by atoms with Crippen LogP contribution in [0.15, 0.2) is 18.2 Å². The minimum atomic E-state index is -4.38. The van der Waals surface area contributed by atoms with Crippen LogP contribution in [-0.4, -0.2) is 22.9 Å². The number of aromatic nitrogens is 2. The molecule has 1 N–H and O–H groups in total. The first kappa shape index (κ1) is 15.5. The summed E-state index contributed by atoms with van der Waals surface area (Å²) < 4.78 is 52.1. The van der Waals surface area contributed by atoms with Crippen LogP contribution in [0.25, 0.3) is 10.9 Å². The van der Waals surface area contributed by atoms with Crippen molar-refractivity contribution in [3.8, 4) is 0 Å². The van der Waals surface area contributed by atoms with Crippen molar-refractivity contribution in [2.24, 2.45) is 0 Å². The van der Waals surface area contributed by atoms with Crippen molar-refractivity contribution in [2.45, 2.75) is 32.6 Å². The number of anilines is 1. The number of nitrogens with zero attached hydrogens (tertiary/aromatic N) is 2. The number of fused-ring (bicyclic) bond motifs is 1. The van der Waals surface area contributed by atoms with Crippen molar-refractivity contribution >= 4 is 16.7 Å². The summed E-state index contributed by atoms with van der Waals surface area (Å²) in [5, 5.41) is 3.43. The fourth-order valence-electron chi connectivity index (χ4n) is 1.92. The molecule has 0 radical (unpaired) electrons. The van der Waals surface area contributed by atoms with Gasteiger partial charge in [-0.2, -0.15) is 8.78 Å². The molecule has 0 atom stereocenters. The molecule has 0 saturated carbocycles. The van der Waals surface area contributed by atoms with Crippen molar-refractivity contribution in [3.05, 3.63) is 29.6 Å². The predicted octanol–water partition coefficient (Wildman–Crippen LogP) is 4.12. The van der Waals surface area contributed by atoms with E-state index in [0.717, 1.165) is 6.42 Å². The maximum absolute atomic E-state index is 13.5. The number of rotatable bonds is 5. The molecular weight excluding hydrogens is 286 g/mol. The van der Waals surface area contributed by atoms with Gasteiger partial charge in [-0.05, 0) is 25.0 Å². The molecule has 0 unspecified atom stereocenters. The van der Waals surface area contributed by atoms with E-state index in [0.29, 0.717) is 17.5 Å². The van der Waals surface area contributed by atoms with E-state index >= 15 is 0 Å². The van der Waals surface area contributed by atoms with E-state index in [1.165, 1.54) is 0 Å². The molecule has 0 fully saturated rings. The van der Waals surface area contributed by atoms with Gasteiger partial charge in [0.05, 0.1) is 5.52 Å². The van der Waals surface area contributed by atoms with E-state index < -0.39 is 18.2 Å². The van der Waals surface area contributed by atoms with Gasteiger partial charge in [-0.15, -0.1) is 0 Å². The molecule has 0 aliphatic heterocycles. The standard InChI is InChI=1S/C14H15F4N3/c1-3-7-19-11-9-6-4-5-8(2)10(9)20-13(21-11)14(17,18)12(15)16/h4-6,12H,3,7H2,1-2H3,(H,19,20,21). The second kappa shape index (κ2) is 5.83. The number of hydrogen-bond donors (Lipinski definition) is 1. The molecular formula is C14H15F4N3. The van der Waals surface area contributed by atoms with Gasteiger partial charge < -0.3 is 5.32 Å². The zero-order valence-corrected chi connectivity index (χ0v) is 11.6. The predicted molar refractivity (Wildman–Crippen MR) is 73.0 cm³/mol. The van der Waals surface area contributed by atoms with Gasteiger partial charge in [-0.1, -0.05) is 19.1 Å². The van der Waals surface area contributed by atoms with Crippen LogP contribution in [0.5, 0.6) is 0 Å². The van der Waals surface area contributed by atoms with Gasteiger partial charge in [0.2, 0.25) is 5.82 Å². The monoisotopic (exact) mass is 301 g/mol. The zero-order valence-electron chi connectivity index (χ0n) is 11.6. The highest BCUT2D eigenvalue weighted by Gasteiger charge is 2.46. The van der Waals surface area contributed by atoms with E-state index in [2.05, 4.69) is 15.3 Å². The van der Waals surface area contributed by atoms with Crippen molar-refractivity contribution < 1.29 is 17.6 Å². The van der Waals surface area contributed by atoms with Crippen LogP contribution in [0.1, 0.15) is 24.7 Å². The summed E-state index contributed by atoms with van der Waals surface area (Å²) in [6.07, 6.45) is -3.10. The lowest BCUT2D eigenvalue weighted by atomic mass is 10.1. The summed E-state index contributed by atoms with van der Waals surface area (Å²) in [7, 11) is 0. The molecule has 114 valence electrons. The molecule has 1 heterocycles. The van der Waals surface area contributed by atoms with E-state index in [1.807, 2.05) is 6.92 Å². The van der Waals surface area contributed by atoms with Gasteiger partial charge in [-0.25, -0.2) is 18.7 Å². The lowest BCUT2D eigenvalue weighted by Crippen LogP contribution is -2.27. The van der Waals surface area contributed by atoms with Gasteiger partial charge >= 0.3 is 12.3 Å². The Morgan fingerprint density at radius 3 is 2.57 bits per heavy atom. The maximum atomic E-state index is 13.5. The quantitative estimate of drug-likeness (QED) is 0.844. The Kier molecular flexibility index (Phi) is 4.29. The molecule has 2 aromatic rings. The molecule has 0 amide bonds. The summed E-state index contributed by atoms with van der Waals surface area (Å²) in [6, 6.07) is 5.09. The number of aryl methyl sites for hydroxylation is 1. The molecule has 2 rings (SSSR count). The number of hydrogen-bond acceptors (Lipinski definition) is 3. The smallest absolute Gasteiger partial charge is 0.365 e. The summed E-state index contributed by atoms with van der Waals surface area (Å²) in [4.78, 5) is 7.28. The number of nitrogens with one attached hydrogen (secondary N) is 1. The first-order chi connectivity index (χ1) is 9.87. The lowest BCUT2D eigenvalue weighted by molar-refractivity contribution is -0.140. The first-order valence-electron chi connectivity index (χ1n) is 6.55. The molecule has 3 nitrogen and oxygen atoms in total. The van der Waals surface area contributed by atoms with Crippen LogP contribution in [-0.2, 0) is 5.92 Å². The topological polar surface area (TPSA) is 37.8 Å². The van der Waals surface area contributed by atoms with E-state index in [1.54, 1.807) is 25.1 Å². The summed E-state index contributed by atoms with van der Waals surface area (Å²) >= 11 is 0. The van der Waals surface area contributed by atoms with Gasteiger partial charge in [-0.3, -0.25) is 0 Å². The molecule has 1 aromatic carbocycles. The number of para-hydroxylation sites is 1. The van der Waals surface area contributed by atoms with Gasteiger partial charge in [0, 0.05) is 11.9 Å². The van der Waals surface area contributed by atoms with E-state index in [4.69, 9.17) is 0 Å². The SMILES string of the molecule is CCCNc1nc(C(F)(F)C(F)F)nc2c(C)cccc12. The molecule has 0 bridgehead atoms. The van der Waals surface area contributed by atoms with Crippen molar-refractivity contribution in [2.75, 3.05) is 11.9 Å². The molecule has 0 spiro atoms. The second-order valence-electron chi connectivity index (χ2n) is 4.72. The maximum Gasteiger partial charge on any atom is 0.365 e. The van der Waals surface area contributed by atoms with Crippen LogP contribution in [0.2, 0.25) is 0 Å². The van der Waals surface area contributed by atoms with Crippen molar-refractivity contribution in [3.63, 3.8) is 0 Å². The Bertz CT molecular complexity index is 643. The van der Waals surface area contributed by atoms with E-state index in [-0.39, 0.29) is 11.3 Å². The van der Waals surface area contributed by atoms with Crippen LogP contribution in [0.3, 0.4) is 0 Å². The van der Waals surface area contributed by atoms with Crippen LogP contribution in [0.4, 0.5) is 23.4 Å². The molecule has 0 aliphatic rings. The largest absolute Gasteiger partial charge is 0.369 e. The highest BCUT2D eigenvalue weighted by Crippen LogP contribution is 2.35. The van der Waals surface area contributed by atoms with Crippen molar-refractivity contribution in [1.82, 2.24) is 9.97 Å². The Balaban J connectivity index is 2.66. The fourth-order valence-corrected chi connectivity index (χ4v) is 1.92. The number of halogens is 4. The third-order valence-electron chi connectivity index (χ3n) is 3.04. The van der Waals surface area contributed by atoms with Crippen LogP contribution in [0, 0.1) is 6.92 Å². The Labute approximate surface area is 119 Å². The number of alkyl halides is 4. The second-order valence-corrected chi connectivity index (χ2v) is 4.72. The molecule has 21 heavy (non-hydrogen) atoms. The summed E-state index contributed by atoms with van der Waals surface area (Å²) in [6.45, 7) is 4.08. The zero-order chi connectivity index (χ0) is 15.6. The Hall–Kier alpha value is -1.92. The fraction of sp³-hybridized carbons (Fsp3) is 0.429. The molecule has 0 aliphatic carbocycles. The third kappa shape index (κ3) is 2.91. The Morgan fingerprint density at radius 2 is 1.95 bits per heavy atom. The summed E-state index contributed by atoms with van der Waals surface area (Å²) in [5.41, 5.74) is 0.877. The van der Waals surface area contributed by atoms with Gasteiger partial charge in [0.1, 0.15) is 5.82 Å². The normalized spacial score (nSPS) is 12.1. The van der Waals surface area contributed by atoms with Gasteiger partial charge in [0.25, 0.3) is 0 Å². The first-order valence-corrected chi connectivity index (χ1v) is 6.55.